The highest BCUT2D eigenvalue weighted by Crippen LogP contribution is 2.23. The van der Waals surface area contributed by atoms with Gasteiger partial charge in [-0.2, -0.15) is 0 Å². The van der Waals surface area contributed by atoms with Crippen LogP contribution in [0.15, 0.2) is 24.5 Å². The van der Waals surface area contributed by atoms with E-state index in [2.05, 4.69) is 9.97 Å². The fourth-order valence-corrected chi connectivity index (χ4v) is 2.60. The molecule has 0 atom stereocenters. The second kappa shape index (κ2) is 5.44. The van der Waals surface area contributed by atoms with Gasteiger partial charge >= 0.3 is 0 Å². The molecule has 2 aromatic heterocycles. The number of hydrogen-bond donors (Lipinski definition) is 0. The van der Waals surface area contributed by atoms with Crippen molar-refractivity contribution in [1.29, 1.82) is 0 Å². The van der Waals surface area contributed by atoms with Crippen molar-refractivity contribution in [3.63, 3.8) is 0 Å². The van der Waals surface area contributed by atoms with Crippen LogP contribution in [0, 0.1) is 11.6 Å². The molecule has 0 aliphatic rings. The van der Waals surface area contributed by atoms with Crippen LogP contribution in [-0.2, 0) is 25.9 Å². The first-order valence-corrected chi connectivity index (χ1v) is 7.00. The molecule has 0 bridgehead atoms. The van der Waals surface area contributed by atoms with Gasteiger partial charge in [-0.25, -0.2) is 18.7 Å². The Labute approximate surface area is 125 Å². The Morgan fingerprint density at radius 1 is 1.24 bits per heavy atom. The van der Waals surface area contributed by atoms with Gasteiger partial charge in [-0.1, -0.05) is 0 Å². The Hall–Kier alpha value is -1.95. The summed E-state index contributed by atoms with van der Waals surface area (Å²) in [6, 6.07) is 2.53. The fourth-order valence-electron chi connectivity index (χ4n) is 2.40. The van der Waals surface area contributed by atoms with Crippen LogP contribution in [0.4, 0.5) is 8.78 Å². The Balaban J connectivity index is 2.03. The summed E-state index contributed by atoms with van der Waals surface area (Å²) in [4.78, 5) is 8.47. The van der Waals surface area contributed by atoms with Gasteiger partial charge in [-0.05, 0) is 12.1 Å². The van der Waals surface area contributed by atoms with E-state index in [-0.39, 0.29) is 11.4 Å². The zero-order chi connectivity index (χ0) is 15.0. The van der Waals surface area contributed by atoms with Crippen molar-refractivity contribution in [2.45, 2.75) is 18.8 Å². The minimum Gasteiger partial charge on any atom is -0.338 e. The van der Waals surface area contributed by atoms with Crippen LogP contribution >= 0.6 is 11.6 Å². The van der Waals surface area contributed by atoms with Gasteiger partial charge in [-0.15, -0.1) is 11.6 Å². The third-order valence-corrected chi connectivity index (χ3v) is 3.72. The van der Waals surface area contributed by atoms with Crippen molar-refractivity contribution in [2.24, 2.45) is 7.05 Å². The average molecular weight is 311 g/mol. The molecule has 3 rings (SSSR count). The molecule has 0 spiro atoms. The highest BCUT2D eigenvalue weighted by Gasteiger charge is 2.17. The van der Waals surface area contributed by atoms with Crippen LogP contribution in [-0.4, -0.2) is 19.1 Å². The topological polar surface area (TPSA) is 35.6 Å². The van der Waals surface area contributed by atoms with Crippen LogP contribution < -0.4 is 0 Å². The van der Waals surface area contributed by atoms with Crippen molar-refractivity contribution >= 4 is 22.6 Å². The Morgan fingerprint density at radius 2 is 2.05 bits per heavy atom. The molecular weight excluding hydrogens is 298 g/mol. The van der Waals surface area contributed by atoms with Crippen LogP contribution in [0.25, 0.3) is 11.0 Å². The predicted octanol–water partition coefficient (Wildman–Crippen LogP) is 3.03. The largest absolute Gasteiger partial charge is 0.338 e. The first kappa shape index (κ1) is 14.0. The average Bonchev–Trinajstić information content (AvgIpc) is 3.04. The number of alkyl halides is 1. The summed E-state index contributed by atoms with van der Waals surface area (Å²) in [5, 5.41) is 0. The molecule has 0 fully saturated rings. The number of aromatic nitrogens is 4. The second-order valence-corrected chi connectivity index (χ2v) is 5.01. The number of fused-ring (bicyclic) bond motifs is 1. The van der Waals surface area contributed by atoms with Gasteiger partial charge in [0.25, 0.3) is 0 Å². The summed E-state index contributed by atoms with van der Waals surface area (Å²) in [5.74, 6) is -0.270. The molecule has 0 saturated heterocycles. The van der Waals surface area contributed by atoms with E-state index in [1.807, 2.05) is 17.8 Å². The van der Waals surface area contributed by atoms with Gasteiger partial charge in [0.2, 0.25) is 0 Å². The number of rotatable bonds is 4. The van der Waals surface area contributed by atoms with Gasteiger partial charge in [0.15, 0.2) is 11.6 Å². The molecule has 0 aliphatic carbocycles. The number of benzene rings is 1. The lowest BCUT2D eigenvalue weighted by Crippen LogP contribution is -2.09. The quantitative estimate of drug-likeness (QED) is 0.694. The van der Waals surface area contributed by atoms with Gasteiger partial charge in [0, 0.05) is 32.4 Å². The van der Waals surface area contributed by atoms with Crippen molar-refractivity contribution in [3.8, 4) is 0 Å². The van der Waals surface area contributed by atoms with Crippen molar-refractivity contribution < 1.29 is 8.78 Å². The summed E-state index contributed by atoms with van der Waals surface area (Å²) in [5.41, 5.74) is 0.559. The molecule has 1 aromatic carbocycles. The standard InChI is InChI=1S/C14H13ClF2N4/c1-20-7-5-18-11(20)4-6-21-12(8-15)19-10-3-2-9(16)13(17)14(10)21/h2-3,5,7H,4,6,8H2,1H3. The lowest BCUT2D eigenvalue weighted by molar-refractivity contribution is 0.509. The SMILES string of the molecule is Cn1ccnc1CCn1c(CCl)nc2ccc(F)c(F)c21. The van der Waals surface area contributed by atoms with Gasteiger partial charge in [0.05, 0.1) is 11.4 Å². The first-order valence-electron chi connectivity index (χ1n) is 6.47. The minimum absolute atomic E-state index is 0.135. The molecule has 0 N–H and O–H groups in total. The van der Waals surface area contributed by atoms with E-state index in [0.717, 1.165) is 11.9 Å². The number of imidazole rings is 2. The Kier molecular flexibility index (Phi) is 3.63. The zero-order valence-corrected chi connectivity index (χ0v) is 12.1. The highest BCUT2D eigenvalue weighted by atomic mass is 35.5. The van der Waals surface area contributed by atoms with E-state index in [4.69, 9.17) is 11.6 Å². The van der Waals surface area contributed by atoms with E-state index >= 15 is 0 Å². The molecule has 0 amide bonds. The summed E-state index contributed by atoms with van der Waals surface area (Å²) >= 11 is 5.87. The predicted molar refractivity (Wildman–Crippen MR) is 76.1 cm³/mol. The van der Waals surface area contributed by atoms with Crippen LogP contribution in [0.1, 0.15) is 11.6 Å². The molecule has 0 saturated carbocycles. The second-order valence-electron chi connectivity index (χ2n) is 4.75. The molecule has 7 heteroatoms. The van der Waals surface area contributed by atoms with E-state index < -0.39 is 11.6 Å². The molecule has 0 radical (unpaired) electrons. The van der Waals surface area contributed by atoms with E-state index in [0.29, 0.717) is 24.3 Å². The lowest BCUT2D eigenvalue weighted by Gasteiger charge is -2.08. The van der Waals surface area contributed by atoms with Crippen molar-refractivity contribution in [3.05, 3.63) is 47.8 Å². The molecule has 110 valence electrons. The molecule has 4 nitrogen and oxygen atoms in total. The summed E-state index contributed by atoms with van der Waals surface area (Å²) in [7, 11) is 1.89. The Bertz CT molecular complexity index is 794. The fraction of sp³-hybridized carbons (Fsp3) is 0.286. The highest BCUT2D eigenvalue weighted by molar-refractivity contribution is 6.16. The zero-order valence-electron chi connectivity index (χ0n) is 11.4. The third-order valence-electron chi connectivity index (χ3n) is 3.48. The van der Waals surface area contributed by atoms with Gasteiger partial charge in [-0.3, -0.25) is 0 Å². The van der Waals surface area contributed by atoms with Crippen molar-refractivity contribution in [2.75, 3.05) is 0 Å². The maximum Gasteiger partial charge on any atom is 0.184 e. The van der Waals surface area contributed by atoms with Crippen LogP contribution in [0.5, 0.6) is 0 Å². The summed E-state index contributed by atoms with van der Waals surface area (Å²) in [6.45, 7) is 0.434. The van der Waals surface area contributed by atoms with Crippen molar-refractivity contribution in [1.82, 2.24) is 19.1 Å². The smallest absolute Gasteiger partial charge is 0.184 e. The maximum atomic E-state index is 14.1. The first-order chi connectivity index (χ1) is 10.1. The number of hydrogen-bond acceptors (Lipinski definition) is 2. The van der Waals surface area contributed by atoms with E-state index in [9.17, 15) is 8.78 Å². The molecular formula is C14H13ClF2N4. The monoisotopic (exact) mass is 310 g/mol. The molecule has 3 aromatic rings. The normalized spacial score (nSPS) is 11.4. The third kappa shape index (κ3) is 2.40. The Morgan fingerprint density at radius 3 is 2.71 bits per heavy atom. The minimum atomic E-state index is -0.892. The molecule has 21 heavy (non-hydrogen) atoms. The van der Waals surface area contributed by atoms with E-state index in [1.165, 1.54) is 6.07 Å². The number of aryl methyl sites for hydroxylation is 3. The summed E-state index contributed by atoms with van der Waals surface area (Å²) in [6.07, 6.45) is 4.11. The summed E-state index contributed by atoms with van der Waals surface area (Å²) < 4.78 is 31.0. The molecule has 0 aliphatic heterocycles. The van der Waals surface area contributed by atoms with Gasteiger partial charge in [0.1, 0.15) is 17.2 Å². The maximum absolute atomic E-state index is 14.1. The van der Waals surface area contributed by atoms with Crippen LogP contribution in [0.2, 0.25) is 0 Å². The van der Waals surface area contributed by atoms with E-state index in [1.54, 1.807) is 10.8 Å². The molecule has 0 unspecified atom stereocenters. The number of nitrogens with zero attached hydrogens (tertiary/aromatic N) is 4. The molecule has 2 heterocycles. The van der Waals surface area contributed by atoms with Crippen LogP contribution in [0.3, 0.4) is 0 Å². The number of halogens is 3. The van der Waals surface area contributed by atoms with Gasteiger partial charge < -0.3 is 9.13 Å². The lowest BCUT2D eigenvalue weighted by atomic mass is 10.3.